The largest absolute Gasteiger partial charge is 0.481 e. The first-order valence-corrected chi connectivity index (χ1v) is 8.35. The minimum atomic E-state index is -0.902. The maximum absolute atomic E-state index is 10.6. The zero-order chi connectivity index (χ0) is 17.4. The van der Waals surface area contributed by atoms with Crippen LogP contribution in [0.15, 0.2) is 48.0 Å². The van der Waals surface area contributed by atoms with Crippen LogP contribution in [0.5, 0.6) is 0 Å². The number of carboxylic acid groups (broad SMARTS) is 1. The molecule has 0 saturated heterocycles. The van der Waals surface area contributed by atoms with Gasteiger partial charge in [0.15, 0.2) is 5.82 Å². The third-order valence-electron chi connectivity index (χ3n) is 2.78. The van der Waals surface area contributed by atoms with Gasteiger partial charge in [0.25, 0.3) is 0 Å². The van der Waals surface area contributed by atoms with Gasteiger partial charge in [-0.2, -0.15) is 0 Å². The fourth-order valence-corrected chi connectivity index (χ4v) is 2.36. The number of carbonyl (C=O) groups is 1. The number of aliphatic carboxylic acids is 1. The van der Waals surface area contributed by atoms with E-state index in [1.165, 1.54) is 0 Å². The summed E-state index contributed by atoms with van der Waals surface area (Å²) in [6, 6.07) is 7.65. The maximum atomic E-state index is 10.6. The molecule has 1 aromatic carbocycles. The molecule has 0 aliphatic heterocycles. The summed E-state index contributed by atoms with van der Waals surface area (Å²) < 4.78 is 0. The van der Waals surface area contributed by atoms with Crippen LogP contribution < -0.4 is 0 Å². The predicted octanol–water partition coefficient (Wildman–Crippen LogP) is 3.13. The van der Waals surface area contributed by atoms with Crippen molar-refractivity contribution >= 4 is 17.7 Å². The summed E-state index contributed by atoms with van der Waals surface area (Å²) in [6.45, 7) is 4.00. The highest BCUT2D eigenvalue weighted by atomic mass is 32.2. The fourth-order valence-electron chi connectivity index (χ4n) is 1.84. The van der Waals surface area contributed by atoms with E-state index in [-0.39, 0.29) is 5.75 Å². The van der Waals surface area contributed by atoms with Crippen LogP contribution in [-0.4, -0.2) is 42.0 Å². The third-order valence-corrected chi connectivity index (χ3v) is 3.62. The highest BCUT2D eigenvalue weighted by molar-refractivity contribution is 7.99. The van der Waals surface area contributed by atoms with Gasteiger partial charge in [0, 0.05) is 23.5 Å². The SMILES string of the molecule is CC.O=C(O)CSc1n[nH]c(-c2cccc(-c3cnccn3)c2)n1. The first-order chi connectivity index (χ1) is 11.7. The van der Waals surface area contributed by atoms with Crippen molar-refractivity contribution in [1.29, 1.82) is 0 Å². The number of benzene rings is 1. The Balaban J connectivity index is 0.00000100. The third kappa shape index (κ3) is 4.63. The van der Waals surface area contributed by atoms with E-state index in [1.807, 2.05) is 38.1 Å². The summed E-state index contributed by atoms with van der Waals surface area (Å²) in [4.78, 5) is 23.1. The van der Waals surface area contributed by atoms with Gasteiger partial charge in [-0.1, -0.05) is 43.8 Å². The van der Waals surface area contributed by atoms with Crippen LogP contribution in [0.25, 0.3) is 22.6 Å². The molecule has 0 aliphatic carbocycles. The van der Waals surface area contributed by atoms with Gasteiger partial charge >= 0.3 is 5.97 Å². The summed E-state index contributed by atoms with van der Waals surface area (Å²) in [7, 11) is 0. The summed E-state index contributed by atoms with van der Waals surface area (Å²) in [6.07, 6.45) is 4.94. The molecule has 0 aliphatic rings. The number of H-pyrrole nitrogens is 1. The number of aromatic nitrogens is 5. The second-order valence-corrected chi connectivity index (χ2v) is 5.26. The normalized spacial score (nSPS) is 9.92. The molecule has 0 bridgehead atoms. The average Bonchev–Trinajstić information content (AvgIpc) is 3.12. The van der Waals surface area contributed by atoms with Crippen LogP contribution in [0.2, 0.25) is 0 Å². The highest BCUT2D eigenvalue weighted by Gasteiger charge is 2.09. The van der Waals surface area contributed by atoms with Crippen LogP contribution in [-0.2, 0) is 4.79 Å². The van der Waals surface area contributed by atoms with Gasteiger partial charge in [0.1, 0.15) is 0 Å². The van der Waals surface area contributed by atoms with E-state index in [2.05, 4.69) is 25.1 Å². The smallest absolute Gasteiger partial charge is 0.313 e. The van der Waals surface area contributed by atoms with Crippen molar-refractivity contribution in [2.75, 3.05) is 5.75 Å². The molecule has 8 heteroatoms. The van der Waals surface area contributed by atoms with Crippen molar-refractivity contribution in [2.45, 2.75) is 19.0 Å². The predicted molar refractivity (Wildman–Crippen MR) is 92.6 cm³/mol. The van der Waals surface area contributed by atoms with Crippen molar-refractivity contribution in [2.24, 2.45) is 0 Å². The van der Waals surface area contributed by atoms with Gasteiger partial charge in [-0.05, 0) is 6.07 Å². The second-order valence-electron chi connectivity index (χ2n) is 4.32. The monoisotopic (exact) mass is 343 g/mol. The Labute approximate surface area is 143 Å². The standard InChI is InChI=1S/C14H11N5O2S.C2H6/c20-12(21)8-22-14-17-13(18-19-14)10-3-1-2-9(6-10)11-7-15-4-5-16-11;1-2/h1-7H,8H2,(H,20,21)(H,17,18,19);1-2H3. The van der Waals surface area contributed by atoms with Crippen molar-refractivity contribution in [1.82, 2.24) is 25.1 Å². The Morgan fingerprint density at radius 3 is 2.75 bits per heavy atom. The Hall–Kier alpha value is -2.74. The van der Waals surface area contributed by atoms with E-state index in [4.69, 9.17) is 5.11 Å². The van der Waals surface area contributed by atoms with Crippen molar-refractivity contribution in [3.05, 3.63) is 42.9 Å². The van der Waals surface area contributed by atoms with Crippen molar-refractivity contribution in [3.63, 3.8) is 0 Å². The van der Waals surface area contributed by atoms with E-state index in [1.54, 1.807) is 18.6 Å². The van der Waals surface area contributed by atoms with Crippen LogP contribution in [0, 0.1) is 0 Å². The number of rotatable bonds is 5. The minimum Gasteiger partial charge on any atom is -0.481 e. The number of thioether (sulfide) groups is 1. The summed E-state index contributed by atoms with van der Waals surface area (Å²) >= 11 is 1.07. The van der Waals surface area contributed by atoms with E-state index in [0.717, 1.165) is 28.6 Å². The number of hydrogen-bond acceptors (Lipinski definition) is 6. The van der Waals surface area contributed by atoms with E-state index in [0.29, 0.717) is 11.0 Å². The molecule has 3 aromatic rings. The Kier molecular flexibility index (Phi) is 6.44. The van der Waals surface area contributed by atoms with Crippen LogP contribution in [0.1, 0.15) is 13.8 Å². The first kappa shape index (κ1) is 17.6. The molecule has 2 heterocycles. The molecule has 124 valence electrons. The van der Waals surface area contributed by atoms with Crippen LogP contribution >= 0.6 is 11.8 Å². The topological polar surface area (TPSA) is 105 Å². The van der Waals surface area contributed by atoms with Gasteiger partial charge in [-0.3, -0.25) is 19.9 Å². The van der Waals surface area contributed by atoms with Gasteiger partial charge in [-0.25, -0.2) is 4.98 Å². The highest BCUT2D eigenvalue weighted by Crippen LogP contribution is 2.24. The quantitative estimate of drug-likeness (QED) is 0.686. The minimum absolute atomic E-state index is 0.0725. The van der Waals surface area contributed by atoms with E-state index >= 15 is 0 Å². The lowest BCUT2D eigenvalue weighted by Crippen LogP contribution is -1.97. The van der Waals surface area contributed by atoms with Gasteiger partial charge in [-0.15, -0.1) is 5.10 Å². The van der Waals surface area contributed by atoms with Crippen molar-refractivity contribution < 1.29 is 9.90 Å². The summed E-state index contributed by atoms with van der Waals surface area (Å²) in [5.74, 6) is -0.392. The van der Waals surface area contributed by atoms with Gasteiger partial charge < -0.3 is 5.11 Å². The fraction of sp³-hybridized carbons (Fsp3) is 0.188. The molecule has 0 spiro atoms. The zero-order valence-corrected chi connectivity index (χ0v) is 14.1. The number of hydrogen-bond donors (Lipinski definition) is 2. The number of carboxylic acids is 1. The Morgan fingerprint density at radius 1 is 1.25 bits per heavy atom. The summed E-state index contributed by atoms with van der Waals surface area (Å²) in [5.41, 5.74) is 2.53. The molecular formula is C16H17N5O2S. The Morgan fingerprint density at radius 2 is 2.04 bits per heavy atom. The molecule has 0 atom stereocenters. The molecule has 2 N–H and O–H groups in total. The molecule has 0 amide bonds. The lowest BCUT2D eigenvalue weighted by atomic mass is 10.1. The molecule has 0 fully saturated rings. The van der Waals surface area contributed by atoms with E-state index in [9.17, 15) is 4.79 Å². The number of nitrogens with one attached hydrogen (secondary N) is 1. The lowest BCUT2D eigenvalue weighted by molar-refractivity contribution is -0.133. The lowest BCUT2D eigenvalue weighted by Gasteiger charge is -2.02. The maximum Gasteiger partial charge on any atom is 0.313 e. The van der Waals surface area contributed by atoms with Gasteiger partial charge in [0.2, 0.25) is 5.16 Å². The second kappa shape index (κ2) is 8.78. The molecule has 0 unspecified atom stereocenters. The Bertz CT molecular complexity index is 792. The first-order valence-electron chi connectivity index (χ1n) is 7.36. The van der Waals surface area contributed by atoms with Crippen LogP contribution in [0.3, 0.4) is 0 Å². The molecular weight excluding hydrogens is 326 g/mol. The van der Waals surface area contributed by atoms with Crippen molar-refractivity contribution in [3.8, 4) is 22.6 Å². The molecule has 3 rings (SSSR count). The van der Waals surface area contributed by atoms with Gasteiger partial charge in [0.05, 0.1) is 17.6 Å². The summed E-state index contributed by atoms with van der Waals surface area (Å²) in [5, 5.41) is 15.9. The molecule has 2 aromatic heterocycles. The zero-order valence-electron chi connectivity index (χ0n) is 13.3. The molecule has 0 radical (unpaired) electrons. The molecule has 7 nitrogen and oxygen atoms in total. The number of aromatic amines is 1. The average molecular weight is 343 g/mol. The molecule has 0 saturated carbocycles. The molecule has 24 heavy (non-hydrogen) atoms. The van der Waals surface area contributed by atoms with E-state index < -0.39 is 5.97 Å². The van der Waals surface area contributed by atoms with Crippen LogP contribution in [0.4, 0.5) is 0 Å². The number of nitrogens with zero attached hydrogens (tertiary/aromatic N) is 4.